The van der Waals surface area contributed by atoms with E-state index in [1.807, 2.05) is 0 Å². The van der Waals surface area contributed by atoms with Gasteiger partial charge in [-0.3, -0.25) is 9.59 Å². The Bertz CT molecular complexity index is 615. The number of rotatable bonds is 4. The monoisotopic (exact) mass is 353 g/mol. The van der Waals surface area contributed by atoms with Crippen molar-refractivity contribution in [2.24, 2.45) is 11.1 Å². The van der Waals surface area contributed by atoms with E-state index in [4.69, 9.17) is 10.5 Å². The summed E-state index contributed by atoms with van der Waals surface area (Å²) >= 11 is 0. The summed E-state index contributed by atoms with van der Waals surface area (Å²) in [7, 11) is 0. The van der Waals surface area contributed by atoms with Crippen LogP contribution in [0.2, 0.25) is 0 Å². The van der Waals surface area contributed by atoms with E-state index in [-0.39, 0.29) is 36.2 Å². The highest BCUT2D eigenvalue weighted by Gasteiger charge is 2.33. The normalized spacial score (nSPS) is 18.5. The lowest BCUT2D eigenvalue weighted by Gasteiger charge is -2.35. The maximum Gasteiger partial charge on any atom is 0.262 e. The molecule has 0 radical (unpaired) electrons. The molecule has 2 amide bonds. The zero-order valence-electron chi connectivity index (χ0n) is 13.6. The van der Waals surface area contributed by atoms with Gasteiger partial charge in [-0.25, -0.2) is 0 Å². The van der Waals surface area contributed by atoms with Crippen LogP contribution in [0.15, 0.2) is 18.2 Å². The Labute approximate surface area is 147 Å². The third-order valence-corrected chi connectivity index (χ3v) is 4.78. The number of hydrogen-bond donors (Lipinski definition) is 3. The molecule has 2 aliphatic rings. The number of hydrogen-bond acceptors (Lipinski definition) is 4. The van der Waals surface area contributed by atoms with Gasteiger partial charge < -0.3 is 21.1 Å². The van der Waals surface area contributed by atoms with Gasteiger partial charge in [0.2, 0.25) is 5.91 Å². The van der Waals surface area contributed by atoms with Crippen molar-refractivity contribution in [2.45, 2.75) is 38.5 Å². The minimum atomic E-state index is -0.170. The van der Waals surface area contributed by atoms with Crippen LogP contribution in [-0.2, 0) is 9.59 Å². The van der Waals surface area contributed by atoms with E-state index in [1.54, 1.807) is 18.2 Å². The smallest absolute Gasteiger partial charge is 0.262 e. The summed E-state index contributed by atoms with van der Waals surface area (Å²) in [5, 5.41) is 5.65. The Kier molecular flexibility index (Phi) is 6.07. The van der Waals surface area contributed by atoms with Crippen LogP contribution in [0.5, 0.6) is 5.75 Å². The highest BCUT2D eigenvalue weighted by Crippen LogP contribution is 2.38. The predicted octanol–water partition coefficient (Wildman–Crippen LogP) is 2.68. The average molecular weight is 354 g/mol. The Balaban J connectivity index is 0.00000208. The average Bonchev–Trinajstić information content (AvgIpc) is 2.55. The topological polar surface area (TPSA) is 93.5 Å². The summed E-state index contributed by atoms with van der Waals surface area (Å²) in [6.07, 6.45) is 6.04. The van der Waals surface area contributed by atoms with E-state index in [9.17, 15) is 9.59 Å². The first kappa shape index (κ1) is 18.5. The van der Waals surface area contributed by atoms with E-state index in [1.165, 1.54) is 6.42 Å². The van der Waals surface area contributed by atoms with Crippen molar-refractivity contribution in [1.29, 1.82) is 0 Å². The second-order valence-electron chi connectivity index (χ2n) is 6.54. The maximum absolute atomic E-state index is 12.4. The van der Waals surface area contributed by atoms with Gasteiger partial charge in [-0.1, -0.05) is 19.3 Å². The number of halogens is 1. The van der Waals surface area contributed by atoms with Crippen molar-refractivity contribution < 1.29 is 14.3 Å². The molecule has 4 N–H and O–H groups in total. The zero-order valence-corrected chi connectivity index (χ0v) is 14.4. The lowest BCUT2D eigenvalue weighted by atomic mass is 9.71. The third-order valence-electron chi connectivity index (χ3n) is 4.78. The Morgan fingerprint density at radius 2 is 2.04 bits per heavy atom. The zero-order chi connectivity index (χ0) is 16.3. The number of nitrogens with two attached hydrogens (primary N) is 1. The maximum atomic E-state index is 12.4. The number of ether oxygens (including phenoxy) is 1. The molecule has 24 heavy (non-hydrogen) atoms. The molecule has 3 rings (SSSR count). The fourth-order valence-corrected chi connectivity index (χ4v) is 3.45. The van der Waals surface area contributed by atoms with Crippen LogP contribution in [0.1, 0.15) is 38.5 Å². The highest BCUT2D eigenvalue weighted by atomic mass is 35.5. The highest BCUT2D eigenvalue weighted by molar-refractivity contribution is 5.97. The van der Waals surface area contributed by atoms with Gasteiger partial charge in [0.15, 0.2) is 6.61 Å². The molecule has 1 aromatic rings. The number of amides is 2. The Morgan fingerprint density at radius 3 is 2.75 bits per heavy atom. The molecule has 0 unspecified atom stereocenters. The first-order valence-electron chi connectivity index (χ1n) is 8.17. The molecule has 0 spiro atoms. The number of benzene rings is 1. The van der Waals surface area contributed by atoms with Crippen LogP contribution in [0, 0.1) is 5.41 Å². The molecule has 0 bridgehead atoms. The van der Waals surface area contributed by atoms with E-state index in [0.29, 0.717) is 30.1 Å². The van der Waals surface area contributed by atoms with Gasteiger partial charge in [-0.05, 0) is 36.9 Å². The SMILES string of the molecule is Cl.NCC1(CC(=O)Nc2ccc3c(c2)OCC(=O)N3)CCCCC1. The Morgan fingerprint density at radius 1 is 1.29 bits per heavy atom. The van der Waals surface area contributed by atoms with Gasteiger partial charge >= 0.3 is 0 Å². The molecule has 1 saturated carbocycles. The van der Waals surface area contributed by atoms with Crippen molar-refractivity contribution in [1.82, 2.24) is 0 Å². The lowest BCUT2D eigenvalue weighted by Crippen LogP contribution is -2.36. The summed E-state index contributed by atoms with van der Waals surface area (Å²) in [6, 6.07) is 5.24. The van der Waals surface area contributed by atoms with Gasteiger partial charge in [0.05, 0.1) is 5.69 Å². The quantitative estimate of drug-likeness (QED) is 0.775. The van der Waals surface area contributed by atoms with Gasteiger partial charge in [-0.2, -0.15) is 0 Å². The molecular formula is C17H24ClN3O3. The first-order valence-corrected chi connectivity index (χ1v) is 8.17. The second-order valence-corrected chi connectivity index (χ2v) is 6.54. The molecule has 0 atom stereocenters. The van der Waals surface area contributed by atoms with Gasteiger partial charge in [0.1, 0.15) is 5.75 Å². The molecule has 1 aromatic carbocycles. The first-order chi connectivity index (χ1) is 11.1. The van der Waals surface area contributed by atoms with E-state index < -0.39 is 0 Å². The summed E-state index contributed by atoms with van der Waals surface area (Å²) < 4.78 is 5.37. The second kappa shape index (κ2) is 7.85. The van der Waals surface area contributed by atoms with Gasteiger partial charge in [0, 0.05) is 18.2 Å². The van der Waals surface area contributed by atoms with Crippen LogP contribution in [0.25, 0.3) is 0 Å². The Hall–Kier alpha value is -1.79. The van der Waals surface area contributed by atoms with E-state index >= 15 is 0 Å². The minimum Gasteiger partial charge on any atom is -0.482 e. The number of anilines is 2. The molecule has 0 aromatic heterocycles. The largest absolute Gasteiger partial charge is 0.482 e. The van der Waals surface area contributed by atoms with Crippen molar-refractivity contribution in [3.8, 4) is 5.75 Å². The summed E-state index contributed by atoms with van der Waals surface area (Å²) in [5.74, 6) is 0.391. The summed E-state index contributed by atoms with van der Waals surface area (Å²) in [4.78, 5) is 23.6. The standard InChI is InChI=1S/C17H23N3O3.ClH/c18-11-17(6-2-1-3-7-17)9-15(21)19-12-4-5-13-14(8-12)23-10-16(22)20-13;/h4-5,8H,1-3,6-7,9-11,18H2,(H,19,21)(H,20,22);1H. The van der Waals surface area contributed by atoms with Gasteiger partial charge in [-0.15, -0.1) is 12.4 Å². The molecule has 1 heterocycles. The summed E-state index contributed by atoms with van der Waals surface area (Å²) in [6.45, 7) is 0.556. The van der Waals surface area contributed by atoms with Crippen molar-refractivity contribution in [2.75, 3.05) is 23.8 Å². The molecule has 7 heteroatoms. The molecule has 6 nitrogen and oxygen atoms in total. The van der Waals surface area contributed by atoms with Crippen LogP contribution >= 0.6 is 12.4 Å². The number of fused-ring (bicyclic) bond motifs is 1. The van der Waals surface area contributed by atoms with Crippen molar-refractivity contribution in [3.63, 3.8) is 0 Å². The fraction of sp³-hybridized carbons (Fsp3) is 0.529. The molecule has 0 saturated heterocycles. The lowest BCUT2D eigenvalue weighted by molar-refractivity contribution is -0.119. The number of carbonyl (C=O) groups excluding carboxylic acids is 2. The van der Waals surface area contributed by atoms with Crippen molar-refractivity contribution in [3.05, 3.63) is 18.2 Å². The van der Waals surface area contributed by atoms with Crippen LogP contribution < -0.4 is 21.1 Å². The number of nitrogens with one attached hydrogen (secondary N) is 2. The number of carbonyl (C=O) groups is 2. The summed E-state index contributed by atoms with van der Waals surface area (Å²) in [5.41, 5.74) is 7.19. The van der Waals surface area contributed by atoms with Crippen LogP contribution in [0.3, 0.4) is 0 Å². The molecular weight excluding hydrogens is 330 g/mol. The van der Waals surface area contributed by atoms with E-state index in [2.05, 4.69) is 10.6 Å². The fourth-order valence-electron chi connectivity index (χ4n) is 3.45. The van der Waals surface area contributed by atoms with Crippen LogP contribution in [-0.4, -0.2) is 25.0 Å². The van der Waals surface area contributed by atoms with Crippen LogP contribution in [0.4, 0.5) is 11.4 Å². The molecule has 1 fully saturated rings. The molecule has 1 aliphatic heterocycles. The van der Waals surface area contributed by atoms with E-state index in [0.717, 1.165) is 25.7 Å². The third kappa shape index (κ3) is 4.19. The minimum absolute atomic E-state index is 0. The van der Waals surface area contributed by atoms with Crippen molar-refractivity contribution >= 4 is 35.6 Å². The van der Waals surface area contributed by atoms with Gasteiger partial charge in [0.25, 0.3) is 5.91 Å². The predicted molar refractivity (Wildman–Crippen MR) is 95.6 cm³/mol. The molecule has 132 valence electrons. The molecule has 1 aliphatic carbocycles.